The first kappa shape index (κ1) is 20.8. The van der Waals surface area contributed by atoms with Crippen molar-refractivity contribution < 1.29 is 14.4 Å². The van der Waals surface area contributed by atoms with Gasteiger partial charge in [-0.3, -0.25) is 14.4 Å². The second kappa shape index (κ2) is 10.5. The lowest BCUT2D eigenvalue weighted by Gasteiger charge is -2.34. The highest BCUT2D eigenvalue weighted by Gasteiger charge is 2.28. The highest BCUT2D eigenvalue weighted by Crippen LogP contribution is 2.24. The minimum Gasteiger partial charge on any atom is -0.352 e. The highest BCUT2D eigenvalue weighted by atomic mass is 32.1. The SMILES string of the molecule is O=C(CCC(=O)N(CC(=O)NC1CCCC1)C1CCCCC1)Nc1nccs1. The number of aromatic nitrogens is 1. The maximum Gasteiger partial charge on any atom is 0.239 e. The zero-order valence-corrected chi connectivity index (χ0v) is 17.1. The van der Waals surface area contributed by atoms with Gasteiger partial charge in [0.25, 0.3) is 0 Å². The van der Waals surface area contributed by atoms with E-state index in [1.165, 1.54) is 17.8 Å². The minimum absolute atomic E-state index is 0.0712. The third-order valence-electron chi connectivity index (χ3n) is 5.61. The number of rotatable bonds is 8. The number of carbonyl (C=O) groups is 3. The van der Waals surface area contributed by atoms with Gasteiger partial charge in [-0.1, -0.05) is 32.1 Å². The average Bonchev–Trinajstić information content (AvgIpc) is 3.39. The normalized spacial score (nSPS) is 18.0. The van der Waals surface area contributed by atoms with Crippen LogP contribution in [0.3, 0.4) is 0 Å². The number of carbonyl (C=O) groups excluding carboxylic acids is 3. The molecule has 0 unspecified atom stereocenters. The summed E-state index contributed by atoms with van der Waals surface area (Å²) in [5, 5.41) is 8.11. The smallest absolute Gasteiger partial charge is 0.239 e. The van der Waals surface area contributed by atoms with Gasteiger partial charge in [-0.25, -0.2) is 4.98 Å². The number of nitrogens with zero attached hydrogens (tertiary/aromatic N) is 2. The molecule has 8 heteroatoms. The molecule has 0 aromatic carbocycles. The zero-order chi connectivity index (χ0) is 19.8. The summed E-state index contributed by atoms with van der Waals surface area (Å²) in [5.74, 6) is -0.400. The van der Waals surface area contributed by atoms with Gasteiger partial charge in [-0.15, -0.1) is 11.3 Å². The highest BCUT2D eigenvalue weighted by molar-refractivity contribution is 7.13. The summed E-state index contributed by atoms with van der Waals surface area (Å²) in [6.45, 7) is 0.105. The van der Waals surface area contributed by atoms with Crippen LogP contribution in [0.4, 0.5) is 5.13 Å². The fourth-order valence-corrected chi connectivity index (χ4v) is 4.69. The first-order valence-corrected chi connectivity index (χ1v) is 11.3. The van der Waals surface area contributed by atoms with Crippen molar-refractivity contribution in [1.82, 2.24) is 15.2 Å². The Morgan fingerprint density at radius 2 is 1.71 bits per heavy atom. The molecule has 2 N–H and O–H groups in total. The van der Waals surface area contributed by atoms with E-state index in [9.17, 15) is 14.4 Å². The van der Waals surface area contributed by atoms with Crippen molar-refractivity contribution in [3.05, 3.63) is 11.6 Å². The molecule has 0 bridgehead atoms. The molecule has 1 heterocycles. The maximum absolute atomic E-state index is 12.9. The Bertz CT molecular complexity index is 652. The fraction of sp³-hybridized carbons (Fsp3) is 0.700. The van der Waals surface area contributed by atoms with E-state index in [4.69, 9.17) is 0 Å². The van der Waals surface area contributed by atoms with Crippen molar-refractivity contribution in [3.63, 3.8) is 0 Å². The molecule has 3 amide bonds. The van der Waals surface area contributed by atoms with E-state index in [0.717, 1.165) is 51.4 Å². The van der Waals surface area contributed by atoms with E-state index >= 15 is 0 Å². The molecule has 1 aromatic heterocycles. The van der Waals surface area contributed by atoms with Gasteiger partial charge in [0.15, 0.2) is 5.13 Å². The van der Waals surface area contributed by atoms with Crippen LogP contribution in [0.1, 0.15) is 70.6 Å². The van der Waals surface area contributed by atoms with E-state index in [1.807, 2.05) is 0 Å². The molecule has 0 spiro atoms. The molecule has 3 rings (SSSR count). The summed E-state index contributed by atoms with van der Waals surface area (Å²) < 4.78 is 0. The summed E-state index contributed by atoms with van der Waals surface area (Å²) >= 11 is 1.35. The van der Waals surface area contributed by atoms with Crippen molar-refractivity contribution in [2.24, 2.45) is 0 Å². The lowest BCUT2D eigenvalue weighted by molar-refractivity contribution is -0.140. The van der Waals surface area contributed by atoms with E-state index in [0.29, 0.717) is 5.13 Å². The zero-order valence-electron chi connectivity index (χ0n) is 16.3. The lowest BCUT2D eigenvalue weighted by atomic mass is 9.93. The summed E-state index contributed by atoms with van der Waals surface area (Å²) in [5.41, 5.74) is 0. The predicted octanol–water partition coefficient (Wildman–Crippen LogP) is 3.08. The second-order valence-electron chi connectivity index (χ2n) is 7.75. The first-order chi connectivity index (χ1) is 13.6. The molecule has 2 aliphatic carbocycles. The molecular formula is C20H30N4O3S. The third-order valence-corrected chi connectivity index (χ3v) is 6.30. The second-order valence-corrected chi connectivity index (χ2v) is 8.64. The fourth-order valence-electron chi connectivity index (χ4n) is 4.14. The molecule has 1 aromatic rings. The van der Waals surface area contributed by atoms with Crippen molar-refractivity contribution in [2.45, 2.75) is 82.7 Å². The van der Waals surface area contributed by atoms with Gasteiger partial charge in [0.1, 0.15) is 0 Å². The summed E-state index contributed by atoms with van der Waals surface area (Å²) in [4.78, 5) is 43.2. The standard InChI is InChI=1S/C20H30N4O3S/c25-17(23-20-21-12-13-28-20)10-11-19(27)24(16-8-2-1-3-9-16)14-18(26)22-15-6-4-5-7-15/h12-13,15-16H,1-11,14H2,(H,22,26)(H,21,23,25). The van der Waals surface area contributed by atoms with Crippen LogP contribution in [0.2, 0.25) is 0 Å². The van der Waals surface area contributed by atoms with Crippen molar-refractivity contribution in [3.8, 4) is 0 Å². The monoisotopic (exact) mass is 406 g/mol. The molecule has 0 aliphatic heterocycles. The number of amides is 3. The van der Waals surface area contributed by atoms with Crippen LogP contribution in [-0.2, 0) is 14.4 Å². The minimum atomic E-state index is -0.220. The van der Waals surface area contributed by atoms with Gasteiger partial charge < -0.3 is 15.5 Å². The average molecular weight is 407 g/mol. The molecule has 7 nitrogen and oxygen atoms in total. The van der Waals surface area contributed by atoms with Crippen molar-refractivity contribution in [2.75, 3.05) is 11.9 Å². The number of anilines is 1. The van der Waals surface area contributed by atoms with Crippen LogP contribution in [0.5, 0.6) is 0 Å². The summed E-state index contributed by atoms with van der Waals surface area (Å²) in [6, 6.07) is 0.359. The topological polar surface area (TPSA) is 91.4 Å². The molecular weight excluding hydrogens is 376 g/mol. The van der Waals surface area contributed by atoms with Crippen LogP contribution >= 0.6 is 11.3 Å². The van der Waals surface area contributed by atoms with Gasteiger partial charge in [-0.2, -0.15) is 0 Å². The van der Waals surface area contributed by atoms with Gasteiger partial charge in [0, 0.05) is 36.5 Å². The van der Waals surface area contributed by atoms with Gasteiger partial charge in [0.05, 0.1) is 6.54 Å². The maximum atomic E-state index is 12.9. The Hall–Kier alpha value is -1.96. The van der Waals surface area contributed by atoms with Gasteiger partial charge >= 0.3 is 0 Å². The molecule has 0 radical (unpaired) electrons. The van der Waals surface area contributed by atoms with E-state index in [2.05, 4.69) is 15.6 Å². The predicted molar refractivity (Wildman–Crippen MR) is 109 cm³/mol. The van der Waals surface area contributed by atoms with E-state index in [-0.39, 0.29) is 49.2 Å². The Labute approximate surface area is 170 Å². The lowest BCUT2D eigenvalue weighted by Crippen LogP contribution is -2.48. The summed E-state index contributed by atoms with van der Waals surface area (Å²) in [6.07, 6.45) is 11.4. The Kier molecular flexibility index (Phi) is 7.82. The largest absolute Gasteiger partial charge is 0.352 e. The van der Waals surface area contributed by atoms with E-state index in [1.54, 1.807) is 16.5 Å². The van der Waals surface area contributed by atoms with Crippen molar-refractivity contribution >= 4 is 34.2 Å². The van der Waals surface area contributed by atoms with Crippen LogP contribution in [0, 0.1) is 0 Å². The van der Waals surface area contributed by atoms with Crippen LogP contribution < -0.4 is 10.6 Å². The van der Waals surface area contributed by atoms with Crippen LogP contribution in [-0.4, -0.2) is 46.2 Å². The Morgan fingerprint density at radius 3 is 2.39 bits per heavy atom. The third kappa shape index (κ3) is 6.29. The number of thiazole rings is 1. The van der Waals surface area contributed by atoms with Gasteiger partial charge in [0.2, 0.25) is 17.7 Å². The first-order valence-electron chi connectivity index (χ1n) is 10.4. The molecule has 2 saturated carbocycles. The molecule has 0 saturated heterocycles. The quantitative estimate of drug-likeness (QED) is 0.694. The molecule has 2 fully saturated rings. The molecule has 154 valence electrons. The molecule has 28 heavy (non-hydrogen) atoms. The Balaban J connectivity index is 1.53. The summed E-state index contributed by atoms with van der Waals surface area (Å²) in [7, 11) is 0. The van der Waals surface area contributed by atoms with E-state index < -0.39 is 0 Å². The molecule has 2 aliphatic rings. The number of nitrogens with one attached hydrogen (secondary N) is 2. The number of hydrogen-bond acceptors (Lipinski definition) is 5. The van der Waals surface area contributed by atoms with Crippen LogP contribution in [0.15, 0.2) is 11.6 Å². The Morgan fingerprint density at radius 1 is 1.00 bits per heavy atom. The van der Waals surface area contributed by atoms with Crippen molar-refractivity contribution in [1.29, 1.82) is 0 Å². The number of hydrogen-bond donors (Lipinski definition) is 2. The molecule has 0 atom stereocenters. The van der Waals surface area contributed by atoms with Gasteiger partial charge in [-0.05, 0) is 25.7 Å². The van der Waals surface area contributed by atoms with Crippen LogP contribution in [0.25, 0.3) is 0 Å².